The summed E-state index contributed by atoms with van der Waals surface area (Å²) < 4.78 is 17.0. The van der Waals surface area contributed by atoms with Crippen LogP contribution in [-0.4, -0.2) is 37.2 Å². The highest BCUT2D eigenvalue weighted by atomic mass is 16.6. The van der Waals surface area contributed by atoms with Crippen molar-refractivity contribution in [2.24, 2.45) is 0 Å². The van der Waals surface area contributed by atoms with Gasteiger partial charge in [-0.2, -0.15) is 0 Å². The van der Waals surface area contributed by atoms with Crippen molar-refractivity contribution in [2.75, 3.05) is 13.2 Å². The number of ether oxygens (including phenoxy) is 3. The summed E-state index contributed by atoms with van der Waals surface area (Å²) in [5.74, 6) is -0.897. The molecule has 0 spiro atoms. The Balaban J connectivity index is 4.40. The van der Waals surface area contributed by atoms with Crippen molar-refractivity contribution in [1.82, 2.24) is 0 Å². The monoisotopic (exact) mass is 1150 g/mol. The summed E-state index contributed by atoms with van der Waals surface area (Å²) in [6.45, 7) is 6.50. The first-order valence-corrected chi connectivity index (χ1v) is 35.0. The summed E-state index contributed by atoms with van der Waals surface area (Å²) in [7, 11) is 0. The average Bonchev–Trinajstić information content (AvgIpc) is 3.49. The molecule has 0 saturated carbocycles. The Morgan fingerprint density at radius 1 is 0.253 bits per heavy atom. The fraction of sp³-hybridized carbons (Fsp3) is 0.701. The van der Waals surface area contributed by atoms with Gasteiger partial charge < -0.3 is 14.2 Å². The van der Waals surface area contributed by atoms with Crippen molar-refractivity contribution >= 4 is 17.9 Å². The highest BCUT2D eigenvalue weighted by molar-refractivity contribution is 5.71. The summed E-state index contributed by atoms with van der Waals surface area (Å²) in [5, 5.41) is 0. The van der Waals surface area contributed by atoms with Crippen molar-refractivity contribution in [3.63, 3.8) is 0 Å². The third-order valence-electron chi connectivity index (χ3n) is 14.9. The molecule has 83 heavy (non-hydrogen) atoms. The molecule has 0 N–H and O–H groups in total. The molecule has 6 nitrogen and oxygen atoms in total. The van der Waals surface area contributed by atoms with E-state index >= 15 is 0 Å². The molecule has 0 fully saturated rings. The second-order valence-corrected chi connectivity index (χ2v) is 23.1. The molecule has 0 aromatic heterocycles. The van der Waals surface area contributed by atoms with E-state index in [-0.39, 0.29) is 31.1 Å². The Morgan fingerprint density at radius 3 is 0.759 bits per heavy atom. The Labute approximate surface area is 513 Å². The normalized spacial score (nSPS) is 12.9. The molecule has 474 valence electrons. The number of carbonyl (C=O) groups excluding carboxylic acids is 3. The fourth-order valence-corrected chi connectivity index (χ4v) is 9.68. The van der Waals surface area contributed by atoms with E-state index in [0.717, 1.165) is 122 Å². The van der Waals surface area contributed by atoms with E-state index in [9.17, 15) is 14.4 Å². The van der Waals surface area contributed by atoms with Crippen LogP contribution < -0.4 is 0 Å². The standard InChI is InChI=1S/C77H130O6/c1-4-7-10-13-16-19-22-25-28-31-33-35-36-37-38-39-40-42-43-46-49-52-55-58-61-64-67-70-76(79)82-73-74(72-81-75(78)69-66-63-60-57-54-51-48-45-30-27-24-21-18-15-12-9-6-3)83-77(80)71-68-65-62-59-56-53-50-47-44-41-34-32-29-26-23-20-17-14-11-8-5-2/h7,10,16,18-19,21,23,25-28,30,32-35,37-38,40,42,74H,4-6,8-9,11-15,17,20,22,24,29,31,36,39,41,43-73H2,1-3H3/b10-7-,19-16-,21-18-,26-23-,28-25-,30-27-,34-32-,35-33-,38-37-,42-40-. The first-order valence-electron chi connectivity index (χ1n) is 35.0. The number of unbranched alkanes of at least 4 members (excludes halogenated alkanes) is 32. The maximum absolute atomic E-state index is 13.0. The Bertz CT molecular complexity index is 1700. The SMILES string of the molecule is CC/C=C\C/C=C\C/C=C\C/C=C\C/C=C\C/C=C\CCCCCCCCCCC(=O)OCC(COC(=O)CCCCCCCCC/C=C\C/C=C\CCCCC)OC(=O)CCCCCCCCCCC/C=C\C/C=C\CCCCCCC. The minimum Gasteiger partial charge on any atom is -0.462 e. The van der Waals surface area contributed by atoms with E-state index in [1.165, 1.54) is 167 Å². The molecule has 0 amide bonds. The van der Waals surface area contributed by atoms with Gasteiger partial charge >= 0.3 is 17.9 Å². The molecule has 0 heterocycles. The molecule has 0 aromatic carbocycles. The molecule has 0 aliphatic heterocycles. The van der Waals surface area contributed by atoms with Crippen LogP contribution in [0.25, 0.3) is 0 Å². The van der Waals surface area contributed by atoms with Crippen LogP contribution in [0.3, 0.4) is 0 Å². The van der Waals surface area contributed by atoms with E-state index in [0.29, 0.717) is 19.3 Å². The quantitative estimate of drug-likeness (QED) is 0.0261. The van der Waals surface area contributed by atoms with Crippen LogP contribution in [0.5, 0.6) is 0 Å². The first kappa shape index (κ1) is 78.8. The lowest BCUT2D eigenvalue weighted by molar-refractivity contribution is -0.167. The molecule has 1 unspecified atom stereocenters. The van der Waals surface area contributed by atoms with Crippen molar-refractivity contribution in [2.45, 2.75) is 335 Å². The molecule has 0 aliphatic carbocycles. The minimum atomic E-state index is -0.793. The predicted octanol–water partition coefficient (Wildman–Crippen LogP) is 24.3. The third kappa shape index (κ3) is 68.5. The highest BCUT2D eigenvalue weighted by Gasteiger charge is 2.19. The van der Waals surface area contributed by atoms with E-state index in [1.807, 2.05) is 0 Å². The van der Waals surface area contributed by atoms with Gasteiger partial charge in [0.1, 0.15) is 13.2 Å². The van der Waals surface area contributed by atoms with Crippen LogP contribution in [0.15, 0.2) is 122 Å². The molecular formula is C77H130O6. The van der Waals surface area contributed by atoms with E-state index in [4.69, 9.17) is 14.2 Å². The third-order valence-corrected chi connectivity index (χ3v) is 14.9. The number of carbonyl (C=O) groups is 3. The summed E-state index contributed by atoms with van der Waals surface area (Å²) in [4.78, 5) is 38.5. The molecule has 6 heteroatoms. The zero-order valence-corrected chi connectivity index (χ0v) is 54.4. The van der Waals surface area contributed by atoms with Crippen molar-refractivity contribution in [1.29, 1.82) is 0 Å². The van der Waals surface area contributed by atoms with Gasteiger partial charge in [0, 0.05) is 19.3 Å². The van der Waals surface area contributed by atoms with Gasteiger partial charge in [-0.3, -0.25) is 14.4 Å². The topological polar surface area (TPSA) is 78.9 Å². The Kier molecular flexibility index (Phi) is 66.7. The van der Waals surface area contributed by atoms with E-state index in [2.05, 4.69) is 142 Å². The van der Waals surface area contributed by atoms with Gasteiger partial charge in [0.25, 0.3) is 0 Å². The summed E-state index contributed by atoms with van der Waals surface area (Å²) in [5.41, 5.74) is 0. The Hall–Kier alpha value is -4.19. The van der Waals surface area contributed by atoms with Gasteiger partial charge in [-0.1, -0.05) is 296 Å². The largest absolute Gasteiger partial charge is 0.462 e. The van der Waals surface area contributed by atoms with Gasteiger partial charge in [-0.05, 0) is 135 Å². The van der Waals surface area contributed by atoms with Gasteiger partial charge in [0.2, 0.25) is 0 Å². The van der Waals surface area contributed by atoms with Crippen LogP contribution in [0.2, 0.25) is 0 Å². The lowest BCUT2D eigenvalue weighted by atomic mass is 10.1. The highest BCUT2D eigenvalue weighted by Crippen LogP contribution is 2.16. The second kappa shape index (κ2) is 70.3. The van der Waals surface area contributed by atoms with E-state index in [1.54, 1.807) is 0 Å². The predicted molar refractivity (Wildman–Crippen MR) is 362 cm³/mol. The maximum Gasteiger partial charge on any atom is 0.306 e. The van der Waals surface area contributed by atoms with Crippen LogP contribution in [0.4, 0.5) is 0 Å². The maximum atomic E-state index is 13.0. The Morgan fingerprint density at radius 2 is 0.470 bits per heavy atom. The lowest BCUT2D eigenvalue weighted by Crippen LogP contribution is -2.30. The van der Waals surface area contributed by atoms with Gasteiger partial charge in [0.15, 0.2) is 6.10 Å². The summed E-state index contributed by atoms with van der Waals surface area (Å²) in [6, 6.07) is 0. The molecule has 0 bridgehead atoms. The van der Waals surface area contributed by atoms with Gasteiger partial charge in [-0.25, -0.2) is 0 Å². The average molecular weight is 1150 g/mol. The number of esters is 3. The smallest absolute Gasteiger partial charge is 0.306 e. The number of hydrogen-bond acceptors (Lipinski definition) is 6. The molecule has 0 saturated heterocycles. The van der Waals surface area contributed by atoms with Crippen molar-refractivity contribution < 1.29 is 28.6 Å². The van der Waals surface area contributed by atoms with Gasteiger partial charge in [-0.15, -0.1) is 0 Å². The lowest BCUT2D eigenvalue weighted by Gasteiger charge is -2.18. The van der Waals surface area contributed by atoms with E-state index < -0.39 is 6.10 Å². The van der Waals surface area contributed by atoms with Crippen LogP contribution in [0.1, 0.15) is 329 Å². The second-order valence-electron chi connectivity index (χ2n) is 23.1. The van der Waals surface area contributed by atoms with Crippen LogP contribution >= 0.6 is 0 Å². The van der Waals surface area contributed by atoms with Crippen LogP contribution in [0, 0.1) is 0 Å². The molecule has 0 radical (unpaired) electrons. The fourth-order valence-electron chi connectivity index (χ4n) is 9.68. The number of allylic oxidation sites excluding steroid dienone is 20. The molecule has 0 aromatic rings. The van der Waals surface area contributed by atoms with Crippen molar-refractivity contribution in [3.05, 3.63) is 122 Å². The minimum absolute atomic E-state index is 0.0874. The summed E-state index contributed by atoms with van der Waals surface area (Å²) >= 11 is 0. The zero-order valence-electron chi connectivity index (χ0n) is 54.4. The number of rotatable bonds is 63. The molecule has 0 aliphatic rings. The summed E-state index contributed by atoms with van der Waals surface area (Å²) in [6.07, 6.45) is 97.8. The van der Waals surface area contributed by atoms with Crippen molar-refractivity contribution in [3.8, 4) is 0 Å². The van der Waals surface area contributed by atoms with Crippen LogP contribution in [-0.2, 0) is 28.6 Å². The zero-order chi connectivity index (χ0) is 59.9. The molecule has 0 rings (SSSR count). The first-order chi connectivity index (χ1) is 41.0. The molecular weight excluding hydrogens is 1020 g/mol. The van der Waals surface area contributed by atoms with Gasteiger partial charge in [0.05, 0.1) is 0 Å². The molecule has 1 atom stereocenters. The number of hydrogen-bond donors (Lipinski definition) is 0.